The van der Waals surface area contributed by atoms with E-state index >= 15 is 0 Å². The van der Waals surface area contributed by atoms with Gasteiger partial charge in [-0.2, -0.15) is 0 Å². The number of carbonyl (C=O) groups excluding carboxylic acids is 1. The second-order valence-corrected chi connectivity index (χ2v) is 6.42. The number of thioether (sulfide) groups is 1. The Labute approximate surface area is 131 Å². The Hall–Kier alpha value is -1.04. The van der Waals surface area contributed by atoms with Crippen LogP contribution in [0.1, 0.15) is 19.3 Å². The van der Waals surface area contributed by atoms with Gasteiger partial charge in [0.1, 0.15) is 12.6 Å². The zero-order valence-corrected chi connectivity index (χ0v) is 13.7. The quantitative estimate of drug-likeness (QED) is 0.781. The zero-order chi connectivity index (χ0) is 15.1. The third kappa shape index (κ3) is 5.34. The number of hydrogen-bond donors (Lipinski definition) is 2. The zero-order valence-electron chi connectivity index (χ0n) is 12.9. The van der Waals surface area contributed by atoms with Crippen molar-refractivity contribution < 1.29 is 14.4 Å². The van der Waals surface area contributed by atoms with Crippen LogP contribution in [0.3, 0.4) is 0 Å². The van der Waals surface area contributed by atoms with Gasteiger partial charge >= 0.3 is 0 Å². The Morgan fingerprint density at radius 3 is 2.95 bits per heavy atom. The van der Waals surface area contributed by atoms with Crippen molar-refractivity contribution in [2.45, 2.75) is 30.3 Å². The standard InChI is InChI=1S/C16H24N2O2S/c1-18(11-13-7-5-6-10-20-13)12-16(19)17-14-8-3-4-9-15(14)21-2/h3-4,8-9,13H,5-7,10-12H2,1-2H3,(H,17,19)/p+1/t13-/m0/s1. The van der Waals surface area contributed by atoms with Crippen LogP contribution in [-0.2, 0) is 9.53 Å². The van der Waals surface area contributed by atoms with E-state index in [4.69, 9.17) is 4.74 Å². The van der Waals surface area contributed by atoms with Gasteiger partial charge in [0, 0.05) is 11.5 Å². The average molecular weight is 309 g/mol. The minimum Gasteiger partial charge on any atom is -0.372 e. The van der Waals surface area contributed by atoms with Gasteiger partial charge in [0.2, 0.25) is 0 Å². The summed E-state index contributed by atoms with van der Waals surface area (Å²) >= 11 is 1.64. The topological polar surface area (TPSA) is 42.8 Å². The van der Waals surface area contributed by atoms with Gasteiger partial charge in [0.25, 0.3) is 5.91 Å². The molecule has 5 heteroatoms. The van der Waals surface area contributed by atoms with Crippen molar-refractivity contribution in [2.24, 2.45) is 0 Å². The molecular weight excluding hydrogens is 284 g/mol. The van der Waals surface area contributed by atoms with Crippen LogP contribution in [-0.4, -0.2) is 45.0 Å². The van der Waals surface area contributed by atoms with Crippen LogP contribution in [0.5, 0.6) is 0 Å². The van der Waals surface area contributed by atoms with Crippen LogP contribution in [0.25, 0.3) is 0 Å². The molecule has 116 valence electrons. The number of nitrogens with one attached hydrogen (secondary N) is 2. The minimum absolute atomic E-state index is 0.0600. The van der Waals surface area contributed by atoms with Crippen LogP contribution >= 0.6 is 11.8 Å². The predicted molar refractivity (Wildman–Crippen MR) is 87.1 cm³/mol. The van der Waals surface area contributed by atoms with Crippen LogP contribution in [0.2, 0.25) is 0 Å². The largest absolute Gasteiger partial charge is 0.372 e. The first-order chi connectivity index (χ1) is 10.2. The molecule has 0 radical (unpaired) electrons. The molecule has 2 atom stereocenters. The van der Waals surface area contributed by atoms with Crippen LogP contribution in [0.4, 0.5) is 5.69 Å². The number of para-hydroxylation sites is 1. The highest BCUT2D eigenvalue weighted by molar-refractivity contribution is 7.98. The van der Waals surface area contributed by atoms with Gasteiger partial charge in [0.15, 0.2) is 6.54 Å². The number of hydrogen-bond acceptors (Lipinski definition) is 3. The maximum atomic E-state index is 12.2. The van der Waals surface area contributed by atoms with E-state index in [1.54, 1.807) is 11.8 Å². The van der Waals surface area contributed by atoms with E-state index in [0.717, 1.165) is 30.2 Å². The third-order valence-corrected chi connectivity index (χ3v) is 4.49. The normalized spacial score (nSPS) is 20.0. The molecule has 2 rings (SSSR count). The molecular formula is C16H25N2O2S+. The number of ether oxygens (including phenoxy) is 1. The van der Waals surface area contributed by atoms with Crippen molar-refractivity contribution in [1.82, 2.24) is 0 Å². The highest BCUT2D eigenvalue weighted by Crippen LogP contribution is 2.24. The van der Waals surface area contributed by atoms with Crippen molar-refractivity contribution in [3.05, 3.63) is 24.3 Å². The van der Waals surface area contributed by atoms with Gasteiger partial charge in [0.05, 0.1) is 12.7 Å². The van der Waals surface area contributed by atoms with Crippen molar-refractivity contribution >= 4 is 23.4 Å². The van der Waals surface area contributed by atoms with Gasteiger partial charge < -0.3 is 15.0 Å². The summed E-state index contributed by atoms with van der Waals surface area (Å²) in [5.74, 6) is 0.0600. The number of rotatable bonds is 6. The fraction of sp³-hybridized carbons (Fsp3) is 0.562. The summed E-state index contributed by atoms with van der Waals surface area (Å²) in [6.07, 6.45) is 5.86. The van der Waals surface area contributed by atoms with Gasteiger partial charge in [-0.3, -0.25) is 4.79 Å². The summed E-state index contributed by atoms with van der Waals surface area (Å²) in [6, 6.07) is 7.90. The first-order valence-corrected chi connectivity index (χ1v) is 8.77. The predicted octanol–water partition coefficient (Wildman–Crippen LogP) is 1.43. The number of quaternary nitrogens is 1. The van der Waals surface area contributed by atoms with E-state index in [-0.39, 0.29) is 5.91 Å². The summed E-state index contributed by atoms with van der Waals surface area (Å²) in [5.41, 5.74) is 0.900. The Morgan fingerprint density at radius 1 is 1.43 bits per heavy atom. The third-order valence-electron chi connectivity index (χ3n) is 3.69. The van der Waals surface area contributed by atoms with Crippen molar-refractivity contribution in [2.75, 3.05) is 38.3 Å². The molecule has 1 fully saturated rings. The Balaban J connectivity index is 1.80. The molecule has 1 unspecified atom stereocenters. The van der Waals surface area contributed by atoms with Gasteiger partial charge in [-0.15, -0.1) is 11.8 Å². The molecule has 1 aromatic rings. The highest BCUT2D eigenvalue weighted by Gasteiger charge is 2.20. The van der Waals surface area contributed by atoms with Crippen LogP contribution in [0, 0.1) is 0 Å². The Bertz CT molecular complexity index is 461. The van der Waals surface area contributed by atoms with E-state index in [2.05, 4.69) is 12.4 Å². The maximum Gasteiger partial charge on any atom is 0.279 e. The summed E-state index contributed by atoms with van der Waals surface area (Å²) in [6.45, 7) is 2.24. The van der Waals surface area contributed by atoms with E-state index in [1.165, 1.54) is 17.7 Å². The number of benzene rings is 1. The number of amides is 1. The fourth-order valence-electron chi connectivity index (χ4n) is 2.65. The molecule has 1 amide bonds. The fourth-order valence-corrected chi connectivity index (χ4v) is 3.20. The first-order valence-electron chi connectivity index (χ1n) is 7.55. The first kappa shape index (κ1) is 16.3. The van der Waals surface area contributed by atoms with E-state index < -0.39 is 0 Å². The summed E-state index contributed by atoms with van der Waals surface area (Å²) in [7, 11) is 2.05. The van der Waals surface area contributed by atoms with E-state index in [1.807, 2.05) is 30.5 Å². The van der Waals surface area contributed by atoms with Gasteiger partial charge in [-0.25, -0.2) is 0 Å². The lowest BCUT2D eigenvalue weighted by molar-refractivity contribution is -0.874. The molecule has 1 heterocycles. The molecule has 2 N–H and O–H groups in total. The number of anilines is 1. The van der Waals surface area contributed by atoms with E-state index in [0.29, 0.717) is 12.6 Å². The lowest BCUT2D eigenvalue weighted by Gasteiger charge is -2.25. The summed E-state index contributed by atoms with van der Waals surface area (Å²) < 4.78 is 5.73. The van der Waals surface area contributed by atoms with Crippen LogP contribution < -0.4 is 10.2 Å². The van der Waals surface area contributed by atoms with E-state index in [9.17, 15) is 4.79 Å². The molecule has 1 aromatic carbocycles. The molecule has 0 aromatic heterocycles. The second-order valence-electron chi connectivity index (χ2n) is 5.58. The van der Waals surface area contributed by atoms with Crippen molar-refractivity contribution in [3.8, 4) is 0 Å². The molecule has 1 aliphatic rings. The maximum absolute atomic E-state index is 12.2. The highest BCUT2D eigenvalue weighted by atomic mass is 32.2. The molecule has 0 saturated carbocycles. The Morgan fingerprint density at radius 2 is 2.24 bits per heavy atom. The minimum atomic E-state index is 0.0600. The average Bonchev–Trinajstić information content (AvgIpc) is 2.48. The lowest BCUT2D eigenvalue weighted by Crippen LogP contribution is -3.11. The Kier molecular flexibility index (Phi) is 6.54. The molecule has 21 heavy (non-hydrogen) atoms. The summed E-state index contributed by atoms with van der Waals surface area (Å²) in [5, 5.41) is 3.01. The molecule has 0 spiro atoms. The van der Waals surface area contributed by atoms with Crippen molar-refractivity contribution in [1.29, 1.82) is 0 Å². The molecule has 0 bridgehead atoms. The molecule has 1 saturated heterocycles. The molecule has 0 aliphatic carbocycles. The van der Waals surface area contributed by atoms with Crippen LogP contribution in [0.15, 0.2) is 29.2 Å². The SMILES string of the molecule is CSc1ccccc1NC(=O)C[NH+](C)C[C@@H]1CCCCO1. The summed E-state index contributed by atoms with van der Waals surface area (Å²) in [4.78, 5) is 14.4. The smallest absolute Gasteiger partial charge is 0.279 e. The number of likely N-dealkylation sites (N-methyl/N-ethyl adjacent to an activating group) is 1. The molecule has 1 aliphatic heterocycles. The monoisotopic (exact) mass is 309 g/mol. The van der Waals surface area contributed by atoms with Gasteiger partial charge in [-0.05, 0) is 37.7 Å². The lowest BCUT2D eigenvalue weighted by atomic mass is 10.1. The number of carbonyl (C=O) groups is 1. The molecule has 4 nitrogen and oxygen atoms in total. The second kappa shape index (κ2) is 8.41. The van der Waals surface area contributed by atoms with Gasteiger partial charge in [-0.1, -0.05) is 12.1 Å². The van der Waals surface area contributed by atoms with Crippen molar-refractivity contribution in [3.63, 3.8) is 0 Å².